The summed E-state index contributed by atoms with van der Waals surface area (Å²) in [6, 6.07) is 1.82. The molecule has 1 heterocycles. The van der Waals surface area contributed by atoms with Gasteiger partial charge in [-0.25, -0.2) is 0 Å². The molecule has 3 aliphatic rings. The maximum atomic E-state index is 12.8. The lowest BCUT2D eigenvalue weighted by Crippen LogP contribution is -2.80. The number of rotatable bonds is 3. The van der Waals surface area contributed by atoms with E-state index in [4.69, 9.17) is 18.6 Å². The zero-order valence-electron chi connectivity index (χ0n) is 20.7. The van der Waals surface area contributed by atoms with Gasteiger partial charge >= 0.3 is 17.9 Å². The molecule has 0 radical (unpaired) electrons. The third-order valence-electron chi connectivity index (χ3n) is 8.62. The molecular weight excluding hydrogens is 440 g/mol. The Morgan fingerprint density at radius 3 is 2.26 bits per heavy atom. The highest BCUT2D eigenvalue weighted by Crippen LogP contribution is 2.68. The highest BCUT2D eigenvalue weighted by atomic mass is 16.6. The van der Waals surface area contributed by atoms with E-state index < -0.39 is 58.6 Å². The molecule has 0 saturated heterocycles. The average Bonchev–Trinajstić information content (AvgIpc) is 3.19. The highest BCUT2D eigenvalue weighted by Gasteiger charge is 2.77. The van der Waals surface area contributed by atoms with Crippen LogP contribution in [0.25, 0.3) is 5.57 Å². The van der Waals surface area contributed by atoms with E-state index in [-0.39, 0.29) is 5.92 Å². The van der Waals surface area contributed by atoms with E-state index in [1.165, 1.54) is 20.8 Å². The number of ether oxygens (including phenoxy) is 3. The minimum absolute atomic E-state index is 0.372. The van der Waals surface area contributed by atoms with Crippen LogP contribution in [0.4, 0.5) is 0 Å². The van der Waals surface area contributed by atoms with E-state index in [9.17, 15) is 19.5 Å². The number of carbonyl (C=O) groups excluding carboxylic acids is 3. The predicted molar refractivity (Wildman–Crippen MR) is 121 cm³/mol. The molecular formula is C26H34O8. The summed E-state index contributed by atoms with van der Waals surface area (Å²) in [5.41, 5.74) is -2.05. The lowest BCUT2D eigenvalue weighted by atomic mass is 9.39. The monoisotopic (exact) mass is 474 g/mol. The van der Waals surface area contributed by atoms with Gasteiger partial charge in [0.1, 0.15) is 23.6 Å². The van der Waals surface area contributed by atoms with Crippen molar-refractivity contribution in [2.75, 3.05) is 0 Å². The molecule has 34 heavy (non-hydrogen) atoms. The first-order chi connectivity index (χ1) is 15.8. The van der Waals surface area contributed by atoms with Gasteiger partial charge in [0.25, 0.3) is 0 Å². The highest BCUT2D eigenvalue weighted by molar-refractivity contribution is 5.73. The van der Waals surface area contributed by atoms with E-state index in [2.05, 4.69) is 6.58 Å². The van der Waals surface area contributed by atoms with Gasteiger partial charge in [-0.1, -0.05) is 27.4 Å². The largest absolute Gasteiger partial charge is 0.469 e. The standard InChI is InChI=1S/C26H34O8/c1-13-17-9-11-31-19(17)12-18-21(13)22(33-15(3)28)23(34-16(4)29)26(30)24(5,6)10-8-20(25(18,26)7)32-14(2)27/h9,11,18,20-23,30H,1,8,10,12H2,2-7H3/t18-,20-,21-,22+,23-,25-,26+/m0/s1. The summed E-state index contributed by atoms with van der Waals surface area (Å²) in [7, 11) is 0. The first-order valence-electron chi connectivity index (χ1n) is 11.7. The van der Waals surface area contributed by atoms with Crippen molar-refractivity contribution in [1.29, 1.82) is 0 Å². The molecule has 0 amide bonds. The van der Waals surface area contributed by atoms with E-state index in [0.717, 1.165) is 5.56 Å². The third-order valence-corrected chi connectivity index (χ3v) is 8.62. The summed E-state index contributed by atoms with van der Waals surface area (Å²) in [5.74, 6) is -1.76. The molecule has 0 aliphatic heterocycles. The van der Waals surface area contributed by atoms with Crippen LogP contribution in [-0.4, -0.2) is 46.9 Å². The molecule has 2 fully saturated rings. The second kappa shape index (κ2) is 7.97. The van der Waals surface area contributed by atoms with E-state index in [0.29, 0.717) is 30.6 Å². The quantitative estimate of drug-likeness (QED) is 0.524. The molecule has 0 spiro atoms. The van der Waals surface area contributed by atoms with Gasteiger partial charge < -0.3 is 23.7 Å². The number of hydrogen-bond donors (Lipinski definition) is 1. The molecule has 3 aliphatic carbocycles. The van der Waals surface area contributed by atoms with Gasteiger partial charge in [0, 0.05) is 44.1 Å². The lowest BCUT2D eigenvalue weighted by molar-refractivity contribution is -0.332. The Morgan fingerprint density at radius 2 is 1.68 bits per heavy atom. The Labute approximate surface area is 199 Å². The van der Waals surface area contributed by atoms with Crippen molar-refractivity contribution < 1.29 is 38.1 Å². The van der Waals surface area contributed by atoms with Crippen LogP contribution in [0.3, 0.4) is 0 Å². The molecule has 2 saturated carbocycles. The summed E-state index contributed by atoms with van der Waals surface area (Å²) in [6.45, 7) is 13.9. The fourth-order valence-electron chi connectivity index (χ4n) is 7.18. The number of hydrogen-bond acceptors (Lipinski definition) is 8. The number of esters is 3. The Morgan fingerprint density at radius 1 is 1.06 bits per heavy atom. The van der Waals surface area contributed by atoms with Gasteiger partial charge in [-0.3, -0.25) is 14.4 Å². The van der Waals surface area contributed by atoms with E-state index >= 15 is 0 Å². The molecule has 0 unspecified atom stereocenters. The Balaban J connectivity index is 2.02. The third kappa shape index (κ3) is 3.25. The van der Waals surface area contributed by atoms with Gasteiger partial charge in [0.2, 0.25) is 0 Å². The normalized spacial score (nSPS) is 38.1. The average molecular weight is 475 g/mol. The van der Waals surface area contributed by atoms with Crippen LogP contribution in [0.15, 0.2) is 23.3 Å². The molecule has 1 N–H and O–H groups in total. The molecule has 186 valence electrons. The maximum absolute atomic E-state index is 12.8. The summed E-state index contributed by atoms with van der Waals surface area (Å²) in [6.07, 6.45) is 0.206. The SMILES string of the molecule is C=C1c2ccoc2C[C@H]2[C@H]1[C@@H](OC(C)=O)[C@H](OC(C)=O)[C@@]1(O)C(C)(C)CC[C@H](OC(C)=O)[C@]21C. The lowest BCUT2D eigenvalue weighted by Gasteiger charge is -2.69. The molecule has 0 bridgehead atoms. The van der Waals surface area contributed by atoms with Crippen LogP contribution < -0.4 is 0 Å². The molecule has 1 aromatic rings. The molecule has 7 atom stereocenters. The number of aliphatic hydroxyl groups is 1. The first-order valence-corrected chi connectivity index (χ1v) is 11.7. The van der Waals surface area contributed by atoms with Crippen molar-refractivity contribution in [3.63, 3.8) is 0 Å². The Bertz CT molecular complexity index is 1040. The van der Waals surface area contributed by atoms with Gasteiger partial charge in [-0.15, -0.1) is 0 Å². The van der Waals surface area contributed by atoms with Gasteiger partial charge in [-0.05, 0) is 35.8 Å². The minimum Gasteiger partial charge on any atom is -0.469 e. The smallest absolute Gasteiger partial charge is 0.303 e. The van der Waals surface area contributed by atoms with E-state index in [1.807, 2.05) is 26.8 Å². The topological polar surface area (TPSA) is 112 Å². The maximum Gasteiger partial charge on any atom is 0.303 e. The number of carbonyl (C=O) groups is 3. The van der Waals surface area contributed by atoms with Crippen LogP contribution in [-0.2, 0) is 35.0 Å². The van der Waals surface area contributed by atoms with Crippen LogP contribution in [0.1, 0.15) is 65.7 Å². The minimum atomic E-state index is -1.70. The van der Waals surface area contributed by atoms with Gasteiger partial charge in [0.15, 0.2) is 6.10 Å². The fraction of sp³-hybridized carbons (Fsp3) is 0.654. The van der Waals surface area contributed by atoms with Crippen molar-refractivity contribution in [2.45, 2.75) is 84.7 Å². The van der Waals surface area contributed by atoms with Crippen molar-refractivity contribution >= 4 is 23.5 Å². The van der Waals surface area contributed by atoms with Crippen LogP contribution in [0, 0.1) is 22.7 Å². The van der Waals surface area contributed by atoms with E-state index in [1.54, 1.807) is 6.26 Å². The van der Waals surface area contributed by atoms with Crippen molar-refractivity contribution in [3.8, 4) is 0 Å². The molecule has 0 aromatic carbocycles. The van der Waals surface area contributed by atoms with Crippen LogP contribution in [0.2, 0.25) is 0 Å². The number of fused-ring (bicyclic) bond motifs is 4. The van der Waals surface area contributed by atoms with Crippen molar-refractivity contribution in [3.05, 3.63) is 30.2 Å². The summed E-state index contributed by atoms with van der Waals surface area (Å²) in [5, 5.41) is 12.8. The van der Waals surface area contributed by atoms with Gasteiger partial charge in [0.05, 0.1) is 6.26 Å². The number of furan rings is 1. The second-order valence-corrected chi connectivity index (χ2v) is 10.8. The van der Waals surface area contributed by atoms with Crippen LogP contribution in [0.5, 0.6) is 0 Å². The summed E-state index contributed by atoms with van der Waals surface area (Å²) in [4.78, 5) is 36.8. The molecule has 4 rings (SSSR count). The van der Waals surface area contributed by atoms with Gasteiger partial charge in [-0.2, -0.15) is 0 Å². The molecule has 8 nitrogen and oxygen atoms in total. The summed E-state index contributed by atoms with van der Waals surface area (Å²) >= 11 is 0. The fourth-order valence-corrected chi connectivity index (χ4v) is 7.18. The molecule has 8 heteroatoms. The second-order valence-electron chi connectivity index (χ2n) is 10.8. The molecule has 1 aromatic heterocycles. The zero-order chi connectivity index (χ0) is 25.2. The van der Waals surface area contributed by atoms with Crippen LogP contribution >= 0.6 is 0 Å². The summed E-state index contributed by atoms with van der Waals surface area (Å²) < 4.78 is 23.3. The predicted octanol–water partition coefficient (Wildman–Crippen LogP) is 3.45. The van der Waals surface area contributed by atoms with Crippen molar-refractivity contribution in [1.82, 2.24) is 0 Å². The van der Waals surface area contributed by atoms with Crippen molar-refractivity contribution in [2.24, 2.45) is 22.7 Å². The first kappa shape index (κ1) is 24.5. The Kier molecular flexibility index (Phi) is 5.75. The Hall–Kier alpha value is -2.61. The zero-order valence-corrected chi connectivity index (χ0v) is 20.7.